The van der Waals surface area contributed by atoms with Gasteiger partial charge in [-0.05, 0) is 25.3 Å². The molecule has 0 bridgehead atoms. The maximum Gasteiger partial charge on any atom is 0.0558 e. The lowest BCUT2D eigenvalue weighted by Crippen LogP contribution is -2.32. The molecule has 1 rings (SSSR count). The van der Waals surface area contributed by atoms with Crippen molar-refractivity contribution in [3.05, 3.63) is 21.9 Å². The predicted molar refractivity (Wildman–Crippen MR) is 75.5 cm³/mol. The predicted octanol–water partition coefficient (Wildman–Crippen LogP) is 1.68. The van der Waals surface area contributed by atoms with E-state index in [0.717, 1.165) is 12.1 Å². The molecule has 4 heteroatoms. The number of thiophene rings is 1. The zero-order chi connectivity index (χ0) is 13.4. The van der Waals surface area contributed by atoms with Crippen molar-refractivity contribution in [3.63, 3.8) is 0 Å². The van der Waals surface area contributed by atoms with E-state index in [1.807, 2.05) is 11.4 Å². The molecule has 0 atom stereocenters. The molecule has 0 saturated heterocycles. The average Bonchev–Trinajstić information content (AvgIpc) is 2.76. The summed E-state index contributed by atoms with van der Waals surface area (Å²) in [6.45, 7) is 6.03. The van der Waals surface area contributed by atoms with Crippen molar-refractivity contribution in [1.82, 2.24) is 4.90 Å². The Hall–Kier alpha value is -0.860. The lowest BCUT2D eigenvalue weighted by Gasteiger charge is -2.25. The highest BCUT2D eigenvalue weighted by atomic mass is 32.1. The highest BCUT2D eigenvalue weighted by Crippen LogP contribution is 2.19. The van der Waals surface area contributed by atoms with Crippen LogP contribution in [0, 0.1) is 11.8 Å². The SMILES string of the molecule is CC(C)N(CCO)Cc1sccc1C#CCCO. The molecule has 1 aromatic heterocycles. The molecule has 0 aliphatic heterocycles. The van der Waals surface area contributed by atoms with Crippen LogP contribution in [0.4, 0.5) is 0 Å². The number of aliphatic hydroxyl groups is 2. The Morgan fingerprint density at radius 2 is 2.11 bits per heavy atom. The number of hydrogen-bond donors (Lipinski definition) is 2. The van der Waals surface area contributed by atoms with Crippen LogP contribution in [0.2, 0.25) is 0 Å². The fourth-order valence-electron chi connectivity index (χ4n) is 1.62. The summed E-state index contributed by atoms with van der Waals surface area (Å²) < 4.78 is 0. The third-order valence-corrected chi connectivity index (χ3v) is 3.58. The van der Waals surface area contributed by atoms with Gasteiger partial charge >= 0.3 is 0 Å². The number of nitrogens with zero attached hydrogens (tertiary/aromatic N) is 1. The van der Waals surface area contributed by atoms with Crippen LogP contribution in [0.5, 0.6) is 0 Å². The third kappa shape index (κ3) is 4.79. The molecular formula is C14H21NO2S. The van der Waals surface area contributed by atoms with Crippen molar-refractivity contribution in [1.29, 1.82) is 0 Å². The molecule has 100 valence electrons. The summed E-state index contributed by atoms with van der Waals surface area (Å²) in [6, 6.07) is 2.42. The van der Waals surface area contributed by atoms with Gasteiger partial charge in [0.05, 0.1) is 13.2 Å². The van der Waals surface area contributed by atoms with E-state index in [1.54, 1.807) is 11.3 Å². The standard InChI is InChI=1S/C14H21NO2S/c1-12(2)15(7-9-17)11-14-13(6-10-18-14)5-3-4-8-16/h6,10,12,16-17H,4,7-9,11H2,1-2H3. The maximum atomic E-state index is 9.06. The van der Waals surface area contributed by atoms with E-state index >= 15 is 0 Å². The van der Waals surface area contributed by atoms with Gasteiger partial charge in [-0.1, -0.05) is 11.8 Å². The van der Waals surface area contributed by atoms with Crippen LogP contribution in [0.15, 0.2) is 11.4 Å². The normalized spacial score (nSPS) is 10.8. The highest BCUT2D eigenvalue weighted by molar-refractivity contribution is 7.10. The zero-order valence-electron chi connectivity index (χ0n) is 11.0. The van der Waals surface area contributed by atoms with E-state index < -0.39 is 0 Å². The summed E-state index contributed by atoms with van der Waals surface area (Å²) in [7, 11) is 0. The Morgan fingerprint density at radius 1 is 1.33 bits per heavy atom. The van der Waals surface area contributed by atoms with Crippen LogP contribution < -0.4 is 0 Å². The zero-order valence-corrected chi connectivity index (χ0v) is 11.8. The largest absolute Gasteiger partial charge is 0.395 e. The minimum absolute atomic E-state index is 0.106. The Labute approximate surface area is 113 Å². The first kappa shape index (κ1) is 15.2. The number of aliphatic hydroxyl groups excluding tert-OH is 2. The molecule has 0 unspecified atom stereocenters. The average molecular weight is 267 g/mol. The minimum Gasteiger partial charge on any atom is -0.395 e. The molecule has 0 spiro atoms. The molecule has 0 fully saturated rings. The van der Waals surface area contributed by atoms with E-state index in [4.69, 9.17) is 10.2 Å². The summed E-state index contributed by atoms with van der Waals surface area (Å²) in [5.41, 5.74) is 1.04. The first-order valence-electron chi connectivity index (χ1n) is 6.20. The number of rotatable bonds is 6. The quantitative estimate of drug-likeness (QED) is 0.771. The fourth-order valence-corrected chi connectivity index (χ4v) is 2.48. The van der Waals surface area contributed by atoms with E-state index in [-0.39, 0.29) is 13.2 Å². The molecular weight excluding hydrogens is 246 g/mol. The highest BCUT2D eigenvalue weighted by Gasteiger charge is 2.12. The van der Waals surface area contributed by atoms with Crippen LogP contribution in [0.1, 0.15) is 30.7 Å². The van der Waals surface area contributed by atoms with Gasteiger partial charge in [0, 0.05) is 36.0 Å². The molecule has 1 aromatic rings. The second kappa shape index (κ2) is 8.28. The van der Waals surface area contributed by atoms with Crippen molar-refractivity contribution in [2.45, 2.75) is 32.9 Å². The number of hydrogen-bond acceptors (Lipinski definition) is 4. The van der Waals surface area contributed by atoms with Crippen LogP contribution in [0.25, 0.3) is 0 Å². The van der Waals surface area contributed by atoms with Crippen LogP contribution in [-0.4, -0.2) is 40.9 Å². The second-order valence-corrected chi connectivity index (χ2v) is 5.32. The minimum atomic E-state index is 0.106. The van der Waals surface area contributed by atoms with Gasteiger partial charge in [0.2, 0.25) is 0 Å². The molecule has 18 heavy (non-hydrogen) atoms. The molecule has 0 aliphatic carbocycles. The summed E-state index contributed by atoms with van der Waals surface area (Å²) in [5.74, 6) is 6.04. The van der Waals surface area contributed by atoms with Crippen LogP contribution in [-0.2, 0) is 6.54 Å². The Balaban J connectivity index is 2.72. The van der Waals surface area contributed by atoms with E-state index in [1.165, 1.54) is 4.88 Å². The van der Waals surface area contributed by atoms with Gasteiger partial charge in [-0.3, -0.25) is 4.90 Å². The third-order valence-electron chi connectivity index (χ3n) is 2.67. The monoisotopic (exact) mass is 267 g/mol. The van der Waals surface area contributed by atoms with Crippen molar-refractivity contribution in [2.24, 2.45) is 0 Å². The Kier molecular flexibility index (Phi) is 6.99. The topological polar surface area (TPSA) is 43.7 Å². The molecule has 0 aliphatic rings. The first-order chi connectivity index (χ1) is 8.69. The van der Waals surface area contributed by atoms with Gasteiger partial charge in [0.25, 0.3) is 0 Å². The van der Waals surface area contributed by atoms with Crippen LogP contribution in [0.3, 0.4) is 0 Å². The van der Waals surface area contributed by atoms with Crippen LogP contribution >= 0.6 is 11.3 Å². The molecule has 0 saturated carbocycles. The summed E-state index contributed by atoms with van der Waals surface area (Å²) in [5, 5.41) is 19.8. The molecule has 0 aromatic carbocycles. The molecule has 3 nitrogen and oxygen atoms in total. The summed E-state index contributed by atoms with van der Waals surface area (Å²) >= 11 is 1.69. The lowest BCUT2D eigenvalue weighted by atomic mass is 10.2. The molecule has 0 amide bonds. The summed E-state index contributed by atoms with van der Waals surface area (Å²) in [6.07, 6.45) is 0.514. The Bertz CT molecular complexity index is 403. The van der Waals surface area contributed by atoms with Crippen molar-refractivity contribution >= 4 is 11.3 Å². The van der Waals surface area contributed by atoms with Gasteiger partial charge < -0.3 is 10.2 Å². The van der Waals surface area contributed by atoms with E-state index in [0.29, 0.717) is 19.0 Å². The van der Waals surface area contributed by atoms with Crippen molar-refractivity contribution in [3.8, 4) is 11.8 Å². The van der Waals surface area contributed by atoms with Gasteiger partial charge in [0.1, 0.15) is 0 Å². The van der Waals surface area contributed by atoms with Gasteiger partial charge in [0.15, 0.2) is 0 Å². The molecule has 0 radical (unpaired) electrons. The smallest absolute Gasteiger partial charge is 0.0558 e. The summed E-state index contributed by atoms with van der Waals surface area (Å²) in [4.78, 5) is 3.45. The van der Waals surface area contributed by atoms with E-state index in [2.05, 4.69) is 30.6 Å². The second-order valence-electron chi connectivity index (χ2n) is 4.32. The van der Waals surface area contributed by atoms with Gasteiger partial charge in [-0.15, -0.1) is 11.3 Å². The maximum absolute atomic E-state index is 9.06. The lowest BCUT2D eigenvalue weighted by molar-refractivity contribution is 0.160. The van der Waals surface area contributed by atoms with E-state index in [9.17, 15) is 0 Å². The fraction of sp³-hybridized carbons (Fsp3) is 0.571. The van der Waals surface area contributed by atoms with Crippen molar-refractivity contribution < 1.29 is 10.2 Å². The Morgan fingerprint density at radius 3 is 2.72 bits per heavy atom. The van der Waals surface area contributed by atoms with Crippen molar-refractivity contribution in [2.75, 3.05) is 19.8 Å². The van der Waals surface area contributed by atoms with Gasteiger partial charge in [-0.2, -0.15) is 0 Å². The first-order valence-corrected chi connectivity index (χ1v) is 7.08. The molecule has 2 N–H and O–H groups in total. The molecule has 1 heterocycles. The van der Waals surface area contributed by atoms with Gasteiger partial charge in [-0.25, -0.2) is 0 Å².